The summed E-state index contributed by atoms with van der Waals surface area (Å²) in [5.41, 5.74) is 1.93. The van der Waals surface area contributed by atoms with Crippen LogP contribution in [0.5, 0.6) is 0 Å². The first-order valence-corrected chi connectivity index (χ1v) is 7.97. The molecule has 0 radical (unpaired) electrons. The summed E-state index contributed by atoms with van der Waals surface area (Å²) in [4.78, 5) is 18.3. The number of β-amino-alcohol motifs (C(OH)–C–C–N with tert-alkyl or cyclic N) is 1. The maximum atomic E-state index is 12.0. The molecule has 1 fully saturated rings. The van der Waals surface area contributed by atoms with Gasteiger partial charge >= 0.3 is 0 Å². The molecular formula is C13H14N2O2S2. The first-order chi connectivity index (χ1) is 9.22. The normalized spacial score (nSPS) is 19.0. The number of rotatable bonds is 3. The third-order valence-corrected chi connectivity index (χ3v) is 4.79. The van der Waals surface area contributed by atoms with Crippen LogP contribution in [-0.4, -0.2) is 40.1 Å². The van der Waals surface area contributed by atoms with Gasteiger partial charge in [-0.25, -0.2) is 4.98 Å². The van der Waals surface area contributed by atoms with Gasteiger partial charge in [-0.3, -0.25) is 4.79 Å². The molecule has 1 amide bonds. The van der Waals surface area contributed by atoms with Gasteiger partial charge in [0.1, 0.15) is 5.01 Å². The van der Waals surface area contributed by atoms with E-state index in [9.17, 15) is 9.90 Å². The SMILES string of the molecule is O=C(Cc1csc(-c2ccsc2)n1)N1CC[C@@H](O)C1. The summed E-state index contributed by atoms with van der Waals surface area (Å²) in [7, 11) is 0. The zero-order valence-electron chi connectivity index (χ0n) is 10.3. The van der Waals surface area contributed by atoms with E-state index >= 15 is 0 Å². The van der Waals surface area contributed by atoms with Crippen molar-refractivity contribution in [3.8, 4) is 10.6 Å². The third-order valence-electron chi connectivity index (χ3n) is 3.17. The molecule has 1 atom stereocenters. The molecule has 1 aliphatic heterocycles. The molecule has 2 aromatic rings. The summed E-state index contributed by atoms with van der Waals surface area (Å²) >= 11 is 3.21. The van der Waals surface area contributed by atoms with E-state index in [4.69, 9.17) is 0 Å². The van der Waals surface area contributed by atoms with Crippen LogP contribution in [0.4, 0.5) is 0 Å². The summed E-state index contributed by atoms with van der Waals surface area (Å²) in [6.07, 6.45) is 0.650. The summed E-state index contributed by atoms with van der Waals surface area (Å²) in [5.74, 6) is 0.0544. The van der Waals surface area contributed by atoms with Gasteiger partial charge in [-0.1, -0.05) is 0 Å². The van der Waals surface area contributed by atoms with Crippen LogP contribution >= 0.6 is 22.7 Å². The highest BCUT2D eigenvalue weighted by atomic mass is 32.1. The Morgan fingerprint density at radius 3 is 3.11 bits per heavy atom. The minimum Gasteiger partial charge on any atom is -0.391 e. The highest BCUT2D eigenvalue weighted by Crippen LogP contribution is 2.26. The van der Waals surface area contributed by atoms with Gasteiger partial charge in [-0.2, -0.15) is 11.3 Å². The molecule has 1 saturated heterocycles. The lowest BCUT2D eigenvalue weighted by molar-refractivity contribution is -0.129. The Labute approximate surface area is 119 Å². The number of aromatic nitrogens is 1. The maximum Gasteiger partial charge on any atom is 0.228 e. The van der Waals surface area contributed by atoms with Crippen molar-refractivity contribution < 1.29 is 9.90 Å². The van der Waals surface area contributed by atoms with Gasteiger partial charge in [0.15, 0.2) is 0 Å². The summed E-state index contributed by atoms with van der Waals surface area (Å²) in [6.45, 7) is 1.11. The van der Waals surface area contributed by atoms with Gasteiger partial charge in [-0.05, 0) is 17.9 Å². The van der Waals surface area contributed by atoms with Crippen molar-refractivity contribution in [1.82, 2.24) is 9.88 Å². The smallest absolute Gasteiger partial charge is 0.228 e. The second-order valence-electron chi connectivity index (χ2n) is 4.62. The van der Waals surface area contributed by atoms with E-state index in [1.807, 2.05) is 16.8 Å². The van der Waals surface area contributed by atoms with Gasteiger partial charge in [0.25, 0.3) is 0 Å². The van der Waals surface area contributed by atoms with Gasteiger partial charge in [-0.15, -0.1) is 11.3 Å². The molecular weight excluding hydrogens is 280 g/mol. The summed E-state index contributed by atoms with van der Waals surface area (Å²) in [5, 5.41) is 16.4. The van der Waals surface area contributed by atoms with Crippen LogP contribution in [0, 0.1) is 0 Å². The molecule has 0 aromatic carbocycles. The highest BCUT2D eigenvalue weighted by molar-refractivity contribution is 7.14. The standard InChI is InChI=1S/C13H14N2O2S2/c16-11-1-3-15(6-11)12(17)5-10-8-19-13(14-10)9-2-4-18-7-9/h2,4,7-8,11,16H,1,3,5-6H2/t11-/m1/s1. The van der Waals surface area contributed by atoms with Crippen molar-refractivity contribution in [3.63, 3.8) is 0 Å². The minimum absolute atomic E-state index is 0.0544. The quantitative estimate of drug-likeness (QED) is 0.942. The van der Waals surface area contributed by atoms with E-state index in [-0.39, 0.29) is 12.0 Å². The Bertz CT molecular complexity index is 565. The van der Waals surface area contributed by atoms with Crippen LogP contribution in [0.3, 0.4) is 0 Å². The molecule has 2 aromatic heterocycles. The van der Waals surface area contributed by atoms with Crippen LogP contribution in [0.1, 0.15) is 12.1 Å². The Kier molecular flexibility index (Phi) is 3.63. The number of likely N-dealkylation sites (tertiary alicyclic amines) is 1. The van der Waals surface area contributed by atoms with Crippen molar-refractivity contribution >= 4 is 28.6 Å². The average molecular weight is 294 g/mol. The Morgan fingerprint density at radius 1 is 1.53 bits per heavy atom. The largest absolute Gasteiger partial charge is 0.391 e. The van der Waals surface area contributed by atoms with Crippen molar-refractivity contribution in [2.75, 3.05) is 13.1 Å². The number of nitrogens with zero attached hydrogens (tertiary/aromatic N) is 2. The van der Waals surface area contributed by atoms with Crippen LogP contribution in [0.25, 0.3) is 10.6 Å². The fraction of sp³-hybridized carbons (Fsp3) is 0.385. The fourth-order valence-corrected chi connectivity index (χ4v) is 3.67. The molecule has 19 heavy (non-hydrogen) atoms. The molecule has 0 bridgehead atoms. The molecule has 1 N–H and O–H groups in total. The van der Waals surface area contributed by atoms with Gasteiger partial charge in [0.2, 0.25) is 5.91 Å². The van der Waals surface area contributed by atoms with E-state index < -0.39 is 0 Å². The molecule has 4 nitrogen and oxygen atoms in total. The Hall–Kier alpha value is -1.24. The number of carbonyl (C=O) groups is 1. The Morgan fingerprint density at radius 2 is 2.42 bits per heavy atom. The molecule has 0 saturated carbocycles. The topological polar surface area (TPSA) is 53.4 Å². The molecule has 3 heterocycles. The second-order valence-corrected chi connectivity index (χ2v) is 6.25. The van der Waals surface area contributed by atoms with E-state index in [1.54, 1.807) is 27.6 Å². The number of aliphatic hydroxyl groups is 1. The van der Waals surface area contributed by atoms with Crippen molar-refractivity contribution in [3.05, 3.63) is 27.9 Å². The van der Waals surface area contributed by atoms with Crippen LogP contribution < -0.4 is 0 Å². The summed E-state index contributed by atoms with van der Waals surface area (Å²) in [6, 6.07) is 2.03. The molecule has 6 heteroatoms. The highest BCUT2D eigenvalue weighted by Gasteiger charge is 2.24. The molecule has 100 valence electrons. The number of thiazole rings is 1. The van der Waals surface area contributed by atoms with E-state index in [2.05, 4.69) is 10.4 Å². The number of aliphatic hydroxyl groups excluding tert-OH is 1. The lowest BCUT2D eigenvalue weighted by atomic mass is 10.3. The van der Waals surface area contributed by atoms with Gasteiger partial charge < -0.3 is 10.0 Å². The number of amides is 1. The molecule has 0 aliphatic carbocycles. The number of hydrogen-bond donors (Lipinski definition) is 1. The Balaban J connectivity index is 1.66. The fourth-order valence-electron chi connectivity index (χ4n) is 2.14. The van der Waals surface area contributed by atoms with E-state index in [0.29, 0.717) is 25.9 Å². The van der Waals surface area contributed by atoms with Crippen molar-refractivity contribution in [2.24, 2.45) is 0 Å². The predicted molar refractivity (Wildman–Crippen MR) is 76.3 cm³/mol. The van der Waals surface area contributed by atoms with Crippen LogP contribution in [0.15, 0.2) is 22.2 Å². The second kappa shape index (κ2) is 5.40. The van der Waals surface area contributed by atoms with Crippen LogP contribution in [-0.2, 0) is 11.2 Å². The van der Waals surface area contributed by atoms with Crippen LogP contribution in [0.2, 0.25) is 0 Å². The molecule has 0 unspecified atom stereocenters. The van der Waals surface area contributed by atoms with Gasteiger partial charge in [0.05, 0.1) is 18.2 Å². The summed E-state index contributed by atoms with van der Waals surface area (Å²) < 4.78 is 0. The average Bonchev–Trinajstić information content (AvgIpc) is 3.07. The number of hydrogen-bond acceptors (Lipinski definition) is 5. The first-order valence-electron chi connectivity index (χ1n) is 6.15. The van der Waals surface area contributed by atoms with Gasteiger partial charge in [0, 0.05) is 29.4 Å². The molecule has 3 rings (SSSR count). The lowest BCUT2D eigenvalue weighted by Gasteiger charge is -2.14. The maximum absolute atomic E-state index is 12.0. The lowest BCUT2D eigenvalue weighted by Crippen LogP contribution is -2.30. The van der Waals surface area contributed by atoms with Crippen molar-refractivity contribution in [1.29, 1.82) is 0 Å². The minimum atomic E-state index is -0.360. The monoisotopic (exact) mass is 294 g/mol. The zero-order chi connectivity index (χ0) is 13.2. The zero-order valence-corrected chi connectivity index (χ0v) is 11.9. The van der Waals surface area contributed by atoms with E-state index in [1.165, 1.54) is 0 Å². The number of carbonyl (C=O) groups excluding carboxylic acids is 1. The molecule has 1 aliphatic rings. The third kappa shape index (κ3) is 2.86. The van der Waals surface area contributed by atoms with E-state index in [0.717, 1.165) is 16.3 Å². The van der Waals surface area contributed by atoms with Crippen molar-refractivity contribution in [2.45, 2.75) is 18.9 Å². The number of thiophene rings is 1. The first kappa shape index (κ1) is 12.8. The molecule has 0 spiro atoms. The predicted octanol–water partition coefficient (Wildman–Crippen LogP) is 2.01.